The second-order valence-electron chi connectivity index (χ2n) is 9.26. The summed E-state index contributed by atoms with van der Waals surface area (Å²) in [6.45, 7) is 0. The third-order valence-corrected chi connectivity index (χ3v) is 6.91. The average molecular weight is 508 g/mol. The quantitative estimate of drug-likeness (QED) is 0.391. The van der Waals surface area contributed by atoms with Crippen LogP contribution in [0.3, 0.4) is 0 Å². The number of rotatable bonds is 5. The van der Waals surface area contributed by atoms with Crippen LogP contribution in [0.4, 0.5) is 13.2 Å². The number of nitrogens with two attached hydrogens (primary N) is 2. The third kappa shape index (κ3) is 4.66. The lowest BCUT2D eigenvalue weighted by Gasteiger charge is -2.28. The van der Waals surface area contributed by atoms with Crippen molar-refractivity contribution in [1.29, 1.82) is 0 Å². The highest BCUT2D eigenvalue weighted by molar-refractivity contribution is 6.01. The van der Waals surface area contributed by atoms with Crippen molar-refractivity contribution in [3.63, 3.8) is 0 Å². The molecule has 4 N–H and O–H groups in total. The Bertz CT molecular complexity index is 1490. The first kappa shape index (κ1) is 24.5. The van der Waals surface area contributed by atoms with E-state index in [1.165, 1.54) is 0 Å². The fourth-order valence-electron chi connectivity index (χ4n) is 5.04. The van der Waals surface area contributed by atoms with Crippen LogP contribution in [0.1, 0.15) is 47.8 Å². The van der Waals surface area contributed by atoms with Crippen LogP contribution in [0.2, 0.25) is 0 Å². The number of hydrogen-bond acceptors (Lipinski definition) is 4. The lowest BCUT2D eigenvalue weighted by atomic mass is 9.85. The zero-order valence-electron chi connectivity index (χ0n) is 19.7. The second-order valence-corrected chi connectivity index (χ2v) is 9.26. The van der Waals surface area contributed by atoms with E-state index in [1.807, 2.05) is 42.5 Å². The molecule has 4 aromatic rings. The maximum Gasteiger partial charge on any atom is 0.433 e. The van der Waals surface area contributed by atoms with Gasteiger partial charge < -0.3 is 11.5 Å². The topological polar surface area (TPSA) is 117 Å². The number of fused-ring (bicyclic) bond motifs is 1. The third-order valence-electron chi connectivity index (χ3n) is 6.91. The monoisotopic (exact) mass is 507 g/mol. The van der Waals surface area contributed by atoms with E-state index in [0.717, 1.165) is 15.6 Å². The van der Waals surface area contributed by atoms with Crippen LogP contribution >= 0.6 is 0 Å². The second kappa shape index (κ2) is 9.34. The van der Waals surface area contributed by atoms with E-state index in [0.29, 0.717) is 29.6 Å². The SMILES string of the molecule is NC(=O)c1c(-c2ccc3ccc(-c4ccccc4)nc3c2)nn(C2CCC(C(N)=O)CC2)c1C(F)(F)F. The summed E-state index contributed by atoms with van der Waals surface area (Å²) in [5.41, 5.74) is 11.3. The summed E-state index contributed by atoms with van der Waals surface area (Å²) in [4.78, 5) is 28.6. The van der Waals surface area contributed by atoms with Crippen molar-refractivity contribution >= 4 is 22.7 Å². The number of pyridine rings is 1. The fraction of sp³-hybridized carbons (Fsp3) is 0.259. The Kier molecular flexibility index (Phi) is 6.18. The molecule has 190 valence electrons. The number of amides is 2. The smallest absolute Gasteiger partial charge is 0.369 e. The molecule has 1 aliphatic carbocycles. The minimum atomic E-state index is -4.87. The Morgan fingerprint density at radius 3 is 2.19 bits per heavy atom. The first-order valence-corrected chi connectivity index (χ1v) is 11.9. The zero-order chi connectivity index (χ0) is 26.3. The van der Waals surface area contributed by atoms with Gasteiger partial charge in [-0.3, -0.25) is 14.3 Å². The van der Waals surface area contributed by atoms with Crippen molar-refractivity contribution in [3.05, 3.63) is 71.9 Å². The highest BCUT2D eigenvalue weighted by atomic mass is 19.4. The van der Waals surface area contributed by atoms with E-state index < -0.39 is 35.3 Å². The maximum atomic E-state index is 14.3. The van der Waals surface area contributed by atoms with Crippen LogP contribution in [0.15, 0.2) is 60.7 Å². The number of carbonyl (C=O) groups excluding carboxylic acids is 2. The normalized spacial score (nSPS) is 18.1. The largest absolute Gasteiger partial charge is 0.433 e. The molecular formula is C27H24F3N5O2. The van der Waals surface area contributed by atoms with E-state index >= 15 is 0 Å². The van der Waals surface area contributed by atoms with Gasteiger partial charge >= 0.3 is 6.18 Å². The van der Waals surface area contributed by atoms with Gasteiger partial charge in [0.05, 0.1) is 22.8 Å². The number of nitrogens with zero attached hydrogens (tertiary/aromatic N) is 3. The maximum absolute atomic E-state index is 14.3. The molecule has 2 aromatic carbocycles. The molecule has 7 nitrogen and oxygen atoms in total. The van der Waals surface area contributed by atoms with Gasteiger partial charge in [0.1, 0.15) is 5.69 Å². The summed E-state index contributed by atoms with van der Waals surface area (Å²) in [5, 5.41) is 5.08. The fourth-order valence-corrected chi connectivity index (χ4v) is 5.04. The van der Waals surface area contributed by atoms with Gasteiger partial charge in [-0.2, -0.15) is 18.3 Å². The van der Waals surface area contributed by atoms with E-state index in [9.17, 15) is 22.8 Å². The molecule has 1 saturated carbocycles. The number of primary amides is 2. The Hall–Kier alpha value is -4.21. The first-order valence-electron chi connectivity index (χ1n) is 11.9. The number of aromatic nitrogens is 3. The lowest BCUT2D eigenvalue weighted by molar-refractivity contribution is -0.145. The van der Waals surface area contributed by atoms with Crippen LogP contribution in [0.25, 0.3) is 33.4 Å². The minimum Gasteiger partial charge on any atom is -0.369 e. The molecule has 0 unspecified atom stereocenters. The molecule has 2 heterocycles. The molecule has 37 heavy (non-hydrogen) atoms. The molecule has 2 amide bonds. The van der Waals surface area contributed by atoms with Crippen LogP contribution in [0.5, 0.6) is 0 Å². The number of halogens is 3. The Morgan fingerprint density at radius 2 is 1.57 bits per heavy atom. The van der Waals surface area contributed by atoms with Crippen molar-refractivity contribution in [2.45, 2.75) is 37.9 Å². The molecule has 0 bridgehead atoms. The summed E-state index contributed by atoms with van der Waals surface area (Å²) in [6, 6.07) is 17.5. The van der Waals surface area contributed by atoms with Crippen LogP contribution in [-0.4, -0.2) is 26.6 Å². The van der Waals surface area contributed by atoms with Gasteiger partial charge in [0.25, 0.3) is 5.91 Å². The number of carbonyl (C=O) groups is 2. The van der Waals surface area contributed by atoms with Crippen molar-refractivity contribution in [2.75, 3.05) is 0 Å². The molecule has 0 spiro atoms. The van der Waals surface area contributed by atoms with E-state index in [1.54, 1.807) is 18.2 Å². The van der Waals surface area contributed by atoms with E-state index in [4.69, 9.17) is 11.5 Å². The van der Waals surface area contributed by atoms with Crippen molar-refractivity contribution < 1.29 is 22.8 Å². The van der Waals surface area contributed by atoms with Gasteiger partial charge in [0.2, 0.25) is 5.91 Å². The number of hydrogen-bond donors (Lipinski definition) is 2. The first-order chi connectivity index (χ1) is 17.6. The van der Waals surface area contributed by atoms with Crippen LogP contribution in [-0.2, 0) is 11.0 Å². The van der Waals surface area contributed by atoms with Gasteiger partial charge in [0, 0.05) is 22.4 Å². The van der Waals surface area contributed by atoms with Crippen LogP contribution < -0.4 is 11.5 Å². The molecule has 0 radical (unpaired) electrons. The summed E-state index contributed by atoms with van der Waals surface area (Å²) in [6.07, 6.45) is -3.63. The van der Waals surface area contributed by atoms with Crippen molar-refractivity contribution in [3.8, 4) is 22.5 Å². The highest BCUT2D eigenvalue weighted by Gasteiger charge is 2.44. The standard InChI is InChI=1S/C27H24F3N5O2/c28-27(29,30)24-22(26(32)37)23(34-35(24)19-11-8-17(9-12-19)25(31)36)18-7-6-16-10-13-20(33-21(16)14-18)15-4-2-1-3-5-15/h1-7,10,13-14,17,19H,8-9,11-12H2,(H2,31,36)(H2,32,37). The van der Waals surface area contributed by atoms with E-state index in [2.05, 4.69) is 10.1 Å². The summed E-state index contributed by atoms with van der Waals surface area (Å²) in [7, 11) is 0. The van der Waals surface area contributed by atoms with Crippen molar-refractivity contribution in [2.24, 2.45) is 17.4 Å². The molecule has 5 rings (SSSR count). The Morgan fingerprint density at radius 1 is 0.892 bits per heavy atom. The minimum absolute atomic E-state index is 0.148. The van der Waals surface area contributed by atoms with Crippen molar-refractivity contribution in [1.82, 2.24) is 14.8 Å². The molecular weight excluding hydrogens is 483 g/mol. The van der Waals surface area contributed by atoms with E-state index in [-0.39, 0.29) is 24.5 Å². The molecule has 10 heteroatoms. The highest BCUT2D eigenvalue weighted by Crippen LogP contribution is 2.42. The Labute approximate surface area is 210 Å². The van der Waals surface area contributed by atoms with Gasteiger partial charge in [-0.1, -0.05) is 48.5 Å². The summed E-state index contributed by atoms with van der Waals surface area (Å²) >= 11 is 0. The van der Waals surface area contributed by atoms with Crippen LogP contribution in [0, 0.1) is 5.92 Å². The van der Waals surface area contributed by atoms with Gasteiger partial charge in [-0.05, 0) is 37.8 Å². The lowest BCUT2D eigenvalue weighted by Crippen LogP contribution is -2.30. The number of alkyl halides is 3. The average Bonchev–Trinajstić information content (AvgIpc) is 3.30. The zero-order valence-corrected chi connectivity index (χ0v) is 19.7. The number of benzene rings is 2. The van der Waals surface area contributed by atoms with Gasteiger partial charge in [0.15, 0.2) is 5.69 Å². The summed E-state index contributed by atoms with van der Waals surface area (Å²) in [5.74, 6) is -2.07. The molecule has 0 atom stereocenters. The molecule has 0 aliphatic heterocycles. The molecule has 1 aliphatic rings. The van der Waals surface area contributed by atoms with Gasteiger partial charge in [-0.15, -0.1) is 0 Å². The van der Waals surface area contributed by atoms with Gasteiger partial charge in [-0.25, -0.2) is 4.98 Å². The Balaban J connectivity index is 1.63. The summed E-state index contributed by atoms with van der Waals surface area (Å²) < 4.78 is 43.8. The predicted molar refractivity (Wildman–Crippen MR) is 132 cm³/mol. The predicted octanol–water partition coefficient (Wildman–Crippen LogP) is 5.10. The molecule has 2 aromatic heterocycles. The molecule has 1 fully saturated rings. The molecule has 0 saturated heterocycles.